The smallest absolute Gasteiger partial charge is 0.416 e. The molecule has 11 nitrogen and oxygen atoms in total. The van der Waals surface area contributed by atoms with E-state index in [9.17, 15) is 32.3 Å². The van der Waals surface area contributed by atoms with Crippen LogP contribution in [0.2, 0.25) is 0 Å². The Morgan fingerprint density at radius 3 is 1.78 bits per heavy atom. The molecule has 8 N–H and O–H groups in total. The first-order valence-corrected chi connectivity index (χ1v) is 16.9. The molecule has 0 bridgehead atoms. The Labute approximate surface area is 296 Å². The van der Waals surface area contributed by atoms with Gasteiger partial charge in [0.15, 0.2) is 0 Å². The highest BCUT2D eigenvalue weighted by molar-refractivity contribution is 5.94. The molecule has 0 spiro atoms. The van der Waals surface area contributed by atoms with Crippen molar-refractivity contribution in [2.45, 2.75) is 82.9 Å². The van der Waals surface area contributed by atoms with Gasteiger partial charge in [0.05, 0.1) is 5.56 Å². The number of nitrogens with one attached hydrogen (secondary N) is 4. The number of carbonyl (C=O) groups excluding carboxylic acids is 4. The molecule has 51 heavy (non-hydrogen) atoms. The highest BCUT2D eigenvalue weighted by Gasteiger charge is 2.31. The Hall–Kier alpha value is -4.95. The third-order valence-corrected chi connectivity index (χ3v) is 7.98. The predicted molar refractivity (Wildman–Crippen MR) is 187 cm³/mol. The van der Waals surface area contributed by atoms with E-state index in [-0.39, 0.29) is 25.5 Å². The monoisotopic (exact) mass is 712 g/mol. The van der Waals surface area contributed by atoms with Gasteiger partial charge in [0.2, 0.25) is 23.6 Å². The van der Waals surface area contributed by atoms with Gasteiger partial charge in [0.1, 0.15) is 30.5 Å². The minimum absolute atomic E-state index is 0.0720. The number of unbranched alkanes of at least 4 members (excludes halogenated alkanes) is 2. The number of rotatable bonds is 20. The lowest BCUT2D eigenvalue weighted by Gasteiger charge is -2.25. The summed E-state index contributed by atoms with van der Waals surface area (Å²) in [7, 11) is 0. The first-order chi connectivity index (χ1) is 24.4. The van der Waals surface area contributed by atoms with Crippen LogP contribution >= 0.6 is 0 Å². The van der Waals surface area contributed by atoms with E-state index in [1.54, 1.807) is 54.6 Å². The number of benzene rings is 3. The van der Waals surface area contributed by atoms with Crippen LogP contribution < -0.4 is 37.5 Å². The van der Waals surface area contributed by atoms with Gasteiger partial charge in [0, 0.05) is 13.5 Å². The van der Waals surface area contributed by atoms with E-state index in [2.05, 4.69) is 21.3 Å². The molecular weight excluding hydrogens is 665 g/mol. The number of hydrogen-bond acceptors (Lipinski definition) is 7. The molecule has 0 saturated heterocycles. The number of alkyl halides is 3. The second kappa shape index (κ2) is 20.7. The summed E-state index contributed by atoms with van der Waals surface area (Å²) in [6.07, 6.45) is -1.37. The normalized spacial score (nSPS) is 13.0. The Morgan fingerprint density at radius 1 is 0.686 bits per heavy atom. The van der Waals surface area contributed by atoms with Crippen molar-refractivity contribution in [3.05, 3.63) is 101 Å². The predicted octanol–water partition coefficient (Wildman–Crippen LogP) is 4.01. The molecule has 3 aromatic rings. The van der Waals surface area contributed by atoms with Crippen LogP contribution in [0.15, 0.2) is 78.9 Å². The molecule has 0 aliphatic rings. The van der Waals surface area contributed by atoms with E-state index in [0.29, 0.717) is 62.1 Å². The lowest BCUT2D eigenvalue weighted by Crippen LogP contribution is -2.54. The van der Waals surface area contributed by atoms with Gasteiger partial charge in [-0.05, 0) is 92.6 Å². The van der Waals surface area contributed by atoms with Crippen molar-refractivity contribution in [1.82, 2.24) is 21.3 Å². The van der Waals surface area contributed by atoms with Crippen molar-refractivity contribution >= 4 is 23.6 Å². The standard InChI is InChI=1S/C37H47F3N6O5/c1-25(47)44-31(11-5-7-21-41)34(48)45-32(12-6-8-22-42)35(49)46-33(28-9-3-2-4-10-28)36(50)43-23-26-15-19-30(20-16-26)51-24-27-13-17-29(18-14-27)37(38,39)40/h2-4,9-10,13-20,31-33H,5-8,11-12,21-24,41-42H2,1H3,(H,43,50)(H,44,47)(H,45,48)(H,46,49)/t31-,32-,33-/m0/s1. The zero-order valence-corrected chi connectivity index (χ0v) is 28.6. The van der Waals surface area contributed by atoms with Gasteiger partial charge in [-0.15, -0.1) is 0 Å². The number of ether oxygens (including phenoxy) is 1. The minimum Gasteiger partial charge on any atom is -0.489 e. The van der Waals surface area contributed by atoms with Crippen molar-refractivity contribution in [3.63, 3.8) is 0 Å². The highest BCUT2D eigenvalue weighted by Crippen LogP contribution is 2.29. The van der Waals surface area contributed by atoms with Crippen LogP contribution in [-0.4, -0.2) is 48.8 Å². The maximum Gasteiger partial charge on any atom is 0.416 e. The summed E-state index contributed by atoms with van der Waals surface area (Å²) in [5.74, 6) is -1.46. The maximum atomic E-state index is 13.7. The van der Waals surface area contributed by atoms with Crippen LogP contribution in [0.3, 0.4) is 0 Å². The number of hydrogen-bond donors (Lipinski definition) is 6. The Kier molecular flexibility index (Phi) is 16.4. The minimum atomic E-state index is -4.41. The van der Waals surface area contributed by atoms with Crippen LogP contribution in [0.4, 0.5) is 13.2 Å². The van der Waals surface area contributed by atoms with E-state index in [0.717, 1.165) is 17.7 Å². The summed E-state index contributed by atoms with van der Waals surface area (Å²) in [5, 5.41) is 11.1. The SMILES string of the molecule is CC(=O)N[C@@H](CCCCN)C(=O)N[C@@H](CCCCN)C(=O)N[C@H](C(=O)NCc1ccc(OCc2ccc(C(F)(F)F)cc2)cc1)c1ccccc1. The summed E-state index contributed by atoms with van der Waals surface area (Å²) in [6.45, 7) is 2.34. The fourth-order valence-corrected chi connectivity index (χ4v) is 5.18. The van der Waals surface area contributed by atoms with Crippen molar-refractivity contribution in [2.75, 3.05) is 13.1 Å². The second-order valence-electron chi connectivity index (χ2n) is 12.1. The zero-order valence-electron chi connectivity index (χ0n) is 28.6. The Balaban J connectivity index is 1.66. The van der Waals surface area contributed by atoms with E-state index < -0.39 is 47.6 Å². The van der Waals surface area contributed by atoms with Crippen molar-refractivity contribution in [2.24, 2.45) is 11.5 Å². The second-order valence-corrected chi connectivity index (χ2v) is 12.1. The summed E-state index contributed by atoms with van der Waals surface area (Å²) >= 11 is 0. The average Bonchev–Trinajstić information content (AvgIpc) is 3.11. The van der Waals surface area contributed by atoms with Crippen molar-refractivity contribution < 1.29 is 37.1 Å². The summed E-state index contributed by atoms with van der Waals surface area (Å²) < 4.78 is 44.2. The zero-order chi connectivity index (χ0) is 37.2. The molecule has 0 unspecified atom stereocenters. The summed E-state index contributed by atoms with van der Waals surface area (Å²) in [6, 6.07) is 17.3. The van der Waals surface area contributed by atoms with E-state index in [4.69, 9.17) is 16.2 Å². The number of halogens is 3. The molecule has 3 atom stereocenters. The number of amides is 4. The van der Waals surface area contributed by atoms with Crippen molar-refractivity contribution in [1.29, 1.82) is 0 Å². The van der Waals surface area contributed by atoms with Crippen LogP contribution in [0.1, 0.15) is 73.7 Å². The van der Waals surface area contributed by atoms with Gasteiger partial charge in [-0.2, -0.15) is 13.2 Å². The van der Waals surface area contributed by atoms with Gasteiger partial charge < -0.3 is 37.5 Å². The van der Waals surface area contributed by atoms with E-state index >= 15 is 0 Å². The molecular formula is C37H47F3N6O5. The third kappa shape index (κ3) is 14.1. The molecule has 0 aromatic heterocycles. The van der Waals surface area contributed by atoms with Crippen LogP contribution in [-0.2, 0) is 38.5 Å². The maximum absolute atomic E-state index is 13.7. The quantitative estimate of drug-likeness (QED) is 0.0959. The molecule has 4 amide bonds. The number of carbonyl (C=O) groups is 4. The van der Waals surface area contributed by atoms with Gasteiger partial charge in [-0.25, -0.2) is 0 Å². The van der Waals surface area contributed by atoms with Gasteiger partial charge in [-0.1, -0.05) is 54.6 Å². The highest BCUT2D eigenvalue weighted by atomic mass is 19.4. The fourth-order valence-electron chi connectivity index (χ4n) is 5.18. The topological polar surface area (TPSA) is 178 Å². The molecule has 0 radical (unpaired) electrons. The molecule has 0 fully saturated rings. The molecule has 3 rings (SSSR count). The lowest BCUT2D eigenvalue weighted by atomic mass is 10.0. The largest absolute Gasteiger partial charge is 0.489 e. The van der Waals surface area contributed by atoms with E-state index in [1.807, 2.05) is 0 Å². The van der Waals surface area contributed by atoms with E-state index in [1.165, 1.54) is 19.1 Å². The first kappa shape index (κ1) is 40.5. The van der Waals surface area contributed by atoms with Crippen LogP contribution in [0.5, 0.6) is 5.75 Å². The molecule has 0 aliphatic carbocycles. The van der Waals surface area contributed by atoms with Crippen LogP contribution in [0.25, 0.3) is 0 Å². The van der Waals surface area contributed by atoms with Crippen LogP contribution in [0, 0.1) is 0 Å². The van der Waals surface area contributed by atoms with Gasteiger partial charge in [-0.3, -0.25) is 19.2 Å². The van der Waals surface area contributed by atoms with Gasteiger partial charge in [0.25, 0.3) is 0 Å². The third-order valence-electron chi connectivity index (χ3n) is 7.98. The summed E-state index contributed by atoms with van der Waals surface area (Å²) in [5.41, 5.74) is 12.4. The Morgan fingerprint density at radius 2 is 1.24 bits per heavy atom. The molecule has 0 saturated carbocycles. The lowest BCUT2D eigenvalue weighted by molar-refractivity contribution is -0.137. The average molecular weight is 713 g/mol. The molecule has 3 aromatic carbocycles. The summed E-state index contributed by atoms with van der Waals surface area (Å²) in [4.78, 5) is 52.3. The Bertz CT molecular complexity index is 1540. The molecule has 14 heteroatoms. The molecule has 276 valence electrons. The molecule has 0 aliphatic heterocycles. The molecule has 0 heterocycles. The fraction of sp³-hybridized carbons (Fsp3) is 0.405. The first-order valence-electron chi connectivity index (χ1n) is 16.9. The van der Waals surface area contributed by atoms with Gasteiger partial charge >= 0.3 is 6.18 Å². The number of nitrogens with two attached hydrogens (primary N) is 2. The van der Waals surface area contributed by atoms with Crippen molar-refractivity contribution in [3.8, 4) is 5.75 Å².